The number of hydrogen-bond acceptors (Lipinski definition) is 2. The van der Waals surface area contributed by atoms with Gasteiger partial charge in [-0.1, -0.05) is 17.7 Å². The molecule has 1 aromatic carbocycles. The highest BCUT2D eigenvalue weighted by molar-refractivity contribution is 9.10. The van der Waals surface area contributed by atoms with Gasteiger partial charge in [0.05, 0.1) is 17.2 Å². The summed E-state index contributed by atoms with van der Waals surface area (Å²) in [4.78, 5) is 11.8. The van der Waals surface area contributed by atoms with Crippen LogP contribution in [0.3, 0.4) is 0 Å². The van der Waals surface area contributed by atoms with E-state index in [4.69, 9.17) is 27.9 Å². The summed E-state index contributed by atoms with van der Waals surface area (Å²) < 4.78 is 5.91. The molecule has 0 aromatic heterocycles. The molecule has 6 heteroatoms. The van der Waals surface area contributed by atoms with Crippen LogP contribution in [-0.4, -0.2) is 31.5 Å². The van der Waals surface area contributed by atoms with Gasteiger partial charge >= 0.3 is 0 Å². The molecule has 0 aliphatic carbocycles. The average Bonchev–Trinajstić information content (AvgIpc) is 2.36. The Labute approximate surface area is 125 Å². The number of alkyl halides is 1. The van der Waals surface area contributed by atoms with Crippen LogP contribution >= 0.6 is 39.1 Å². The van der Waals surface area contributed by atoms with Gasteiger partial charge in [0.2, 0.25) is 0 Å². The molecule has 0 fully saturated rings. The maximum absolute atomic E-state index is 11.8. The predicted octanol–water partition coefficient (Wildman–Crippen LogP) is 3.48. The first kappa shape index (κ1) is 15.8. The molecule has 0 aliphatic rings. The van der Waals surface area contributed by atoms with Crippen LogP contribution in [0.1, 0.15) is 16.8 Å². The Kier molecular flexibility index (Phi) is 7.66. The SMILES string of the molecule is O=C(NCCCOCCCl)c1cccc(Br)c1Cl. The molecule has 3 nitrogen and oxygen atoms in total. The fraction of sp³-hybridized carbons (Fsp3) is 0.417. The maximum Gasteiger partial charge on any atom is 0.252 e. The molecular weight excluding hydrogens is 341 g/mol. The first-order valence-corrected chi connectivity index (χ1v) is 7.23. The van der Waals surface area contributed by atoms with Crippen LogP contribution in [0.4, 0.5) is 0 Å². The zero-order valence-electron chi connectivity index (χ0n) is 9.72. The Morgan fingerprint density at radius 1 is 1.39 bits per heavy atom. The summed E-state index contributed by atoms with van der Waals surface area (Å²) in [5, 5.41) is 3.21. The van der Waals surface area contributed by atoms with Crippen LogP contribution in [0.15, 0.2) is 22.7 Å². The molecule has 0 spiro atoms. The third-order valence-corrected chi connectivity index (χ3v) is 3.62. The first-order valence-electron chi connectivity index (χ1n) is 5.52. The van der Waals surface area contributed by atoms with Gasteiger partial charge in [0.15, 0.2) is 0 Å². The molecule has 0 aliphatic heterocycles. The number of amides is 1. The Morgan fingerprint density at radius 3 is 2.89 bits per heavy atom. The fourth-order valence-corrected chi connectivity index (χ4v) is 1.99. The summed E-state index contributed by atoms with van der Waals surface area (Å²) in [5.74, 6) is 0.304. The summed E-state index contributed by atoms with van der Waals surface area (Å²) in [7, 11) is 0. The molecule has 100 valence electrons. The average molecular weight is 355 g/mol. The van der Waals surface area contributed by atoms with Crippen LogP contribution in [-0.2, 0) is 4.74 Å². The summed E-state index contributed by atoms with van der Waals surface area (Å²) in [6.07, 6.45) is 0.744. The third kappa shape index (κ3) is 5.14. The predicted molar refractivity (Wildman–Crippen MR) is 77.6 cm³/mol. The highest BCUT2D eigenvalue weighted by atomic mass is 79.9. The van der Waals surface area contributed by atoms with Crippen molar-refractivity contribution in [1.29, 1.82) is 0 Å². The molecule has 0 bridgehead atoms. The van der Waals surface area contributed by atoms with E-state index in [9.17, 15) is 4.79 Å². The number of rotatable bonds is 7. The highest BCUT2D eigenvalue weighted by Crippen LogP contribution is 2.25. The van der Waals surface area contributed by atoms with E-state index >= 15 is 0 Å². The lowest BCUT2D eigenvalue weighted by Crippen LogP contribution is -2.25. The summed E-state index contributed by atoms with van der Waals surface area (Å²) in [5.41, 5.74) is 0.465. The number of halogens is 3. The summed E-state index contributed by atoms with van der Waals surface area (Å²) in [6, 6.07) is 5.25. The van der Waals surface area contributed by atoms with Crippen molar-refractivity contribution in [2.45, 2.75) is 6.42 Å². The van der Waals surface area contributed by atoms with Gasteiger partial charge in [0.25, 0.3) is 5.91 Å². The Balaban J connectivity index is 2.35. The molecule has 0 radical (unpaired) electrons. The second-order valence-electron chi connectivity index (χ2n) is 3.51. The number of carbonyl (C=O) groups excluding carboxylic acids is 1. The van der Waals surface area contributed by atoms with Crippen molar-refractivity contribution in [2.75, 3.05) is 25.6 Å². The number of benzene rings is 1. The maximum atomic E-state index is 11.8. The number of ether oxygens (including phenoxy) is 1. The van der Waals surface area contributed by atoms with E-state index in [2.05, 4.69) is 21.2 Å². The van der Waals surface area contributed by atoms with Crippen molar-refractivity contribution in [3.63, 3.8) is 0 Å². The van der Waals surface area contributed by atoms with Crippen molar-refractivity contribution >= 4 is 45.0 Å². The lowest BCUT2D eigenvalue weighted by molar-refractivity contribution is 0.0944. The van der Waals surface area contributed by atoms with Crippen molar-refractivity contribution in [2.24, 2.45) is 0 Å². The monoisotopic (exact) mass is 353 g/mol. The molecule has 0 saturated heterocycles. The minimum Gasteiger partial charge on any atom is -0.380 e. The zero-order valence-corrected chi connectivity index (χ0v) is 12.8. The first-order chi connectivity index (χ1) is 8.66. The van der Waals surface area contributed by atoms with Gasteiger partial charge < -0.3 is 10.1 Å². The van der Waals surface area contributed by atoms with Crippen molar-refractivity contribution in [3.05, 3.63) is 33.3 Å². The van der Waals surface area contributed by atoms with Gasteiger partial charge in [-0.25, -0.2) is 0 Å². The largest absolute Gasteiger partial charge is 0.380 e. The van der Waals surface area contributed by atoms with E-state index in [0.29, 0.717) is 40.7 Å². The van der Waals surface area contributed by atoms with E-state index in [0.717, 1.165) is 6.42 Å². The van der Waals surface area contributed by atoms with Crippen LogP contribution in [0.25, 0.3) is 0 Å². The number of nitrogens with one attached hydrogen (secondary N) is 1. The molecule has 0 heterocycles. The van der Waals surface area contributed by atoms with Gasteiger partial charge in [-0.2, -0.15) is 0 Å². The topological polar surface area (TPSA) is 38.3 Å². The molecule has 1 N–H and O–H groups in total. The van der Waals surface area contributed by atoms with Gasteiger partial charge in [0, 0.05) is 23.5 Å². The van der Waals surface area contributed by atoms with Crippen LogP contribution in [0.2, 0.25) is 5.02 Å². The smallest absolute Gasteiger partial charge is 0.252 e. The van der Waals surface area contributed by atoms with Gasteiger partial charge in [-0.15, -0.1) is 11.6 Å². The van der Waals surface area contributed by atoms with Crippen molar-refractivity contribution < 1.29 is 9.53 Å². The zero-order chi connectivity index (χ0) is 13.4. The van der Waals surface area contributed by atoms with E-state index in [1.54, 1.807) is 18.2 Å². The normalized spacial score (nSPS) is 10.4. The molecule has 1 aromatic rings. The van der Waals surface area contributed by atoms with Crippen molar-refractivity contribution in [1.82, 2.24) is 5.32 Å². The summed E-state index contributed by atoms with van der Waals surface area (Å²) in [6.45, 7) is 1.66. The van der Waals surface area contributed by atoms with Gasteiger partial charge in [0.1, 0.15) is 0 Å². The minimum absolute atomic E-state index is 0.182. The second-order valence-corrected chi connectivity index (χ2v) is 5.12. The van der Waals surface area contributed by atoms with Crippen molar-refractivity contribution in [3.8, 4) is 0 Å². The number of carbonyl (C=O) groups is 1. The Morgan fingerprint density at radius 2 is 2.17 bits per heavy atom. The highest BCUT2D eigenvalue weighted by Gasteiger charge is 2.11. The summed E-state index contributed by atoms with van der Waals surface area (Å²) >= 11 is 14.8. The molecule has 1 rings (SSSR count). The minimum atomic E-state index is -0.182. The van der Waals surface area contributed by atoms with Gasteiger partial charge in [-0.05, 0) is 34.5 Å². The quantitative estimate of drug-likeness (QED) is 0.601. The van der Waals surface area contributed by atoms with Gasteiger partial charge in [-0.3, -0.25) is 4.79 Å². The third-order valence-electron chi connectivity index (χ3n) is 2.17. The molecule has 18 heavy (non-hydrogen) atoms. The molecule has 0 atom stereocenters. The number of hydrogen-bond donors (Lipinski definition) is 1. The van der Waals surface area contributed by atoms with E-state index in [1.165, 1.54) is 0 Å². The standard InChI is InChI=1S/C12H14BrCl2NO2/c13-10-4-1-3-9(11(10)15)12(17)16-6-2-7-18-8-5-14/h1,3-4H,2,5-8H2,(H,16,17). The molecule has 0 saturated carbocycles. The lowest BCUT2D eigenvalue weighted by Gasteiger charge is -2.07. The van der Waals surface area contributed by atoms with Crippen LogP contribution in [0, 0.1) is 0 Å². The lowest BCUT2D eigenvalue weighted by atomic mass is 10.2. The molecular formula is C12H14BrCl2NO2. The van der Waals surface area contributed by atoms with E-state index < -0.39 is 0 Å². The fourth-order valence-electron chi connectivity index (χ4n) is 1.31. The molecule has 0 unspecified atom stereocenters. The second kappa shape index (κ2) is 8.75. The molecule has 1 amide bonds. The van der Waals surface area contributed by atoms with E-state index in [1.807, 2.05) is 0 Å². The van der Waals surface area contributed by atoms with Crippen LogP contribution in [0.5, 0.6) is 0 Å². The van der Waals surface area contributed by atoms with E-state index in [-0.39, 0.29) is 5.91 Å². The van der Waals surface area contributed by atoms with Crippen LogP contribution < -0.4 is 5.32 Å². The Bertz CT molecular complexity index is 402. The Hall–Kier alpha value is -0.290.